The highest BCUT2D eigenvalue weighted by molar-refractivity contribution is 7.13. The van der Waals surface area contributed by atoms with Crippen molar-refractivity contribution < 1.29 is 37.8 Å². The van der Waals surface area contributed by atoms with E-state index < -0.39 is 58.4 Å². The van der Waals surface area contributed by atoms with E-state index in [-0.39, 0.29) is 91.0 Å². The number of aromatic nitrogens is 8. The Labute approximate surface area is 483 Å². The number of hydrogen-bond acceptors (Lipinski definition) is 15. The zero-order chi connectivity index (χ0) is 59.4. The molecule has 3 N–H and O–H groups in total. The molecular weight excluding hydrogens is 1080 g/mol. The van der Waals surface area contributed by atoms with Crippen LogP contribution in [0.1, 0.15) is 101 Å². The first-order chi connectivity index (χ1) is 39.6. The first-order valence-corrected chi connectivity index (χ1v) is 28.6. The fourth-order valence-corrected chi connectivity index (χ4v) is 11.5. The number of nitrogens with one attached hydrogen (secondary N) is 2. The van der Waals surface area contributed by atoms with Crippen LogP contribution in [0.5, 0.6) is 5.75 Å². The summed E-state index contributed by atoms with van der Waals surface area (Å²) >= 11 is 1.56. The van der Waals surface area contributed by atoms with Crippen molar-refractivity contribution in [3.63, 3.8) is 0 Å². The van der Waals surface area contributed by atoms with Crippen LogP contribution in [-0.2, 0) is 38.9 Å². The molecular formula is C60H69F2N13O7S. The highest BCUT2D eigenvalue weighted by atomic mass is 32.1. The minimum Gasteiger partial charge on any atom is -0.486 e. The summed E-state index contributed by atoms with van der Waals surface area (Å²) in [6.45, 7) is 19.8. The first-order valence-electron chi connectivity index (χ1n) is 27.7. The smallest absolute Gasteiger partial charge is 0.355 e. The van der Waals surface area contributed by atoms with Crippen molar-refractivity contribution in [3.05, 3.63) is 135 Å². The number of aryl methyl sites for hydroxylation is 3. The molecule has 9 rings (SSSR count). The Morgan fingerprint density at radius 3 is 2.46 bits per heavy atom. The number of thiazole rings is 1. The molecule has 23 heteroatoms. The average molecular weight is 1150 g/mol. The topological polar surface area (TPSA) is 236 Å². The monoisotopic (exact) mass is 1150 g/mol. The number of halogens is 2. The lowest BCUT2D eigenvalue weighted by atomic mass is 9.85. The standard InChI is InChI=1S/C60H69F2N13O7S/c1-10-48(78)71-24-25-73(36(5)29-71)55-42-27-44(62)51(67-56(42)75(59(81)68-55)52-35(4)21-22-63-50(52)34(2)3)49-43(61)14-13-15-46(49)82-32-40-30-72(70-69-40)23-12-11-16-47(77)66-54(60(7,8)9)58(80)74-31-41(76)26-45(74)57(79)64-28-38-17-19-39(20-18-38)53-37(6)65-33-83-53/h10,13-15,17-22,27,30,33-34,36,41,45,54,76H,1,11-12,16,23-26,28-29,31-32H2,2-9H3,(H,64,79)(H,66,77)/t36-,41+,45-,54+/m0/s1. The number of unbranched alkanes of at least 4 members (excludes halogenated alkanes) is 1. The van der Waals surface area contributed by atoms with Crippen LogP contribution in [0.2, 0.25) is 0 Å². The number of ether oxygens (including phenoxy) is 1. The van der Waals surface area contributed by atoms with Gasteiger partial charge in [0.05, 0.1) is 50.7 Å². The number of likely N-dealkylation sites (tertiary alicyclic amines) is 1. The van der Waals surface area contributed by atoms with Crippen molar-refractivity contribution in [2.45, 2.75) is 131 Å². The third-order valence-corrected chi connectivity index (χ3v) is 16.0. The fourth-order valence-electron chi connectivity index (χ4n) is 10.7. The number of aliphatic hydroxyl groups is 1. The van der Waals surface area contributed by atoms with Crippen LogP contribution in [0.3, 0.4) is 0 Å². The van der Waals surface area contributed by atoms with Crippen molar-refractivity contribution in [1.82, 2.24) is 59.9 Å². The molecule has 436 valence electrons. The number of amides is 4. The molecule has 20 nitrogen and oxygen atoms in total. The SMILES string of the molecule is C=CC(=O)N1CCN(c2nc(=O)n(-c3c(C)ccnc3C(C)C)c3nc(-c4c(F)cccc4OCc4cn(CCCCC(=O)N[C@H](C(=O)N5C[C@H](O)C[C@H]5C(=O)NCc5ccc(-c6scnc6C)cc5)C(C)(C)C)nn4)c(F)cc23)[C@@H](C)C1. The lowest BCUT2D eigenvalue weighted by molar-refractivity contribution is -0.144. The number of nitrogens with zero attached hydrogens (tertiary/aromatic N) is 11. The van der Waals surface area contributed by atoms with Gasteiger partial charge in [0.2, 0.25) is 23.6 Å². The van der Waals surface area contributed by atoms with Gasteiger partial charge in [0.15, 0.2) is 11.5 Å². The number of carbonyl (C=O) groups excluding carboxylic acids is 4. The highest BCUT2D eigenvalue weighted by Gasteiger charge is 2.44. The van der Waals surface area contributed by atoms with Gasteiger partial charge in [-0.2, -0.15) is 4.98 Å². The van der Waals surface area contributed by atoms with E-state index in [0.29, 0.717) is 55.1 Å². The van der Waals surface area contributed by atoms with Crippen LogP contribution in [0, 0.1) is 30.9 Å². The Morgan fingerprint density at radius 2 is 1.76 bits per heavy atom. The van der Waals surface area contributed by atoms with Crippen LogP contribution >= 0.6 is 11.3 Å². The van der Waals surface area contributed by atoms with Crippen LogP contribution in [0.15, 0.2) is 90.0 Å². The van der Waals surface area contributed by atoms with Gasteiger partial charge in [-0.05, 0) is 92.0 Å². The molecule has 0 radical (unpaired) electrons. The Balaban J connectivity index is 0.848. The quantitative estimate of drug-likeness (QED) is 0.0530. The fraction of sp³-hybridized carbons (Fsp3) is 0.417. The molecule has 0 saturated carbocycles. The Hall–Kier alpha value is -8.31. The summed E-state index contributed by atoms with van der Waals surface area (Å²) in [6, 6.07) is 12.6. The predicted octanol–water partition coefficient (Wildman–Crippen LogP) is 7.36. The van der Waals surface area contributed by atoms with Crippen molar-refractivity contribution in [1.29, 1.82) is 0 Å². The first kappa shape index (κ1) is 59.3. The molecule has 2 fully saturated rings. The molecule has 2 aliphatic heterocycles. The maximum Gasteiger partial charge on any atom is 0.355 e. The molecule has 2 aliphatic rings. The average Bonchev–Trinajstić information content (AvgIpc) is 3.03. The van der Waals surface area contributed by atoms with Crippen molar-refractivity contribution in [2.75, 3.05) is 31.1 Å². The van der Waals surface area contributed by atoms with E-state index in [0.717, 1.165) is 27.8 Å². The molecule has 7 aromatic rings. The predicted molar refractivity (Wildman–Crippen MR) is 311 cm³/mol. The van der Waals surface area contributed by atoms with Gasteiger partial charge in [-0.3, -0.25) is 28.8 Å². The van der Waals surface area contributed by atoms with Gasteiger partial charge in [-0.15, -0.1) is 16.4 Å². The molecule has 4 amide bonds. The molecule has 5 aromatic heterocycles. The number of anilines is 1. The van der Waals surface area contributed by atoms with E-state index in [1.165, 1.54) is 33.7 Å². The minimum absolute atomic E-state index is 0.0124. The van der Waals surface area contributed by atoms with Gasteiger partial charge in [-0.1, -0.05) is 76.7 Å². The van der Waals surface area contributed by atoms with Gasteiger partial charge in [-0.25, -0.2) is 28.1 Å². The molecule has 2 saturated heterocycles. The van der Waals surface area contributed by atoms with Crippen molar-refractivity contribution in [2.24, 2.45) is 5.41 Å². The van der Waals surface area contributed by atoms with E-state index in [9.17, 15) is 29.1 Å². The molecule has 83 heavy (non-hydrogen) atoms. The van der Waals surface area contributed by atoms with Crippen molar-refractivity contribution >= 4 is 51.8 Å². The second kappa shape index (κ2) is 25.0. The zero-order valence-corrected chi connectivity index (χ0v) is 48.7. The number of piperazine rings is 1. The summed E-state index contributed by atoms with van der Waals surface area (Å²) in [4.78, 5) is 92.4. The molecule has 7 heterocycles. The molecule has 0 aliphatic carbocycles. The summed E-state index contributed by atoms with van der Waals surface area (Å²) in [7, 11) is 0. The number of hydrogen-bond donors (Lipinski definition) is 3. The Kier molecular flexibility index (Phi) is 17.9. The van der Waals surface area contributed by atoms with Gasteiger partial charge >= 0.3 is 5.69 Å². The maximum atomic E-state index is 16.9. The van der Waals surface area contributed by atoms with E-state index in [1.807, 2.05) is 84.6 Å². The minimum atomic E-state index is -0.984. The summed E-state index contributed by atoms with van der Waals surface area (Å²) in [5.41, 5.74) is 4.55. The molecule has 0 unspecified atom stereocenters. The second-order valence-corrected chi connectivity index (χ2v) is 23.4. The number of benzene rings is 2. The third kappa shape index (κ3) is 13.0. The van der Waals surface area contributed by atoms with Crippen LogP contribution < -0.4 is 26.0 Å². The van der Waals surface area contributed by atoms with Gasteiger partial charge < -0.3 is 35.2 Å². The lowest BCUT2D eigenvalue weighted by Crippen LogP contribution is -2.57. The zero-order valence-electron chi connectivity index (χ0n) is 47.9. The third-order valence-electron chi connectivity index (χ3n) is 15.0. The van der Waals surface area contributed by atoms with E-state index >= 15 is 8.78 Å². The van der Waals surface area contributed by atoms with E-state index in [4.69, 9.17) is 9.72 Å². The number of fused-ring (bicyclic) bond motifs is 1. The van der Waals surface area contributed by atoms with Crippen molar-refractivity contribution in [3.8, 4) is 33.1 Å². The maximum absolute atomic E-state index is 16.9. The summed E-state index contributed by atoms with van der Waals surface area (Å²) in [5, 5.41) is 25.2. The van der Waals surface area contributed by atoms with Gasteiger partial charge in [0, 0.05) is 64.3 Å². The number of β-amino-alcohol motifs (C(OH)–C–C–N with tert-alkyl or cyclic N) is 1. The van der Waals surface area contributed by atoms with Crippen LogP contribution in [-0.4, -0.2) is 128 Å². The highest BCUT2D eigenvalue weighted by Crippen LogP contribution is 2.38. The lowest BCUT2D eigenvalue weighted by Gasteiger charge is -2.40. The van der Waals surface area contributed by atoms with Crippen LogP contribution in [0.25, 0.3) is 38.4 Å². The van der Waals surface area contributed by atoms with Gasteiger partial charge in [0.1, 0.15) is 47.5 Å². The Bertz CT molecular complexity index is 3640. The number of rotatable bonds is 19. The van der Waals surface area contributed by atoms with E-state index in [2.05, 4.69) is 42.5 Å². The molecule has 2 aromatic carbocycles. The molecule has 4 atom stereocenters. The van der Waals surface area contributed by atoms with Crippen LogP contribution in [0.4, 0.5) is 14.6 Å². The number of carbonyl (C=O) groups is 4. The van der Waals surface area contributed by atoms with E-state index in [1.54, 1.807) is 44.9 Å². The normalized spacial score (nSPS) is 16.8. The number of aliphatic hydroxyl groups excluding tert-OH is 1. The Morgan fingerprint density at radius 1 is 0.988 bits per heavy atom. The van der Waals surface area contributed by atoms with Gasteiger partial charge in [0.25, 0.3) is 0 Å². The second-order valence-electron chi connectivity index (χ2n) is 22.6. The summed E-state index contributed by atoms with van der Waals surface area (Å²) in [6.07, 6.45) is 4.70. The summed E-state index contributed by atoms with van der Waals surface area (Å²) < 4.78 is 42.2. The molecule has 0 spiro atoms. The number of pyridine rings is 2. The molecule has 0 bridgehead atoms. The summed E-state index contributed by atoms with van der Waals surface area (Å²) in [5.74, 6) is -3.23. The largest absolute Gasteiger partial charge is 0.486 e.